The Bertz CT molecular complexity index is 877. The number of furan rings is 1. The van der Waals surface area contributed by atoms with Crippen LogP contribution in [0.4, 0.5) is 0 Å². The number of hydrogen-bond donors (Lipinski definition) is 0. The van der Waals surface area contributed by atoms with E-state index in [9.17, 15) is 4.79 Å². The standard InChI is InChI=1S/C20H21N3O3/c1-15-5-2-3-6-17(15)19-21-16(14-26-19)13-22-8-10-23(11-9-22)20(24)18-7-4-12-25-18/h2-7,12,14H,8-11,13H2,1H3. The van der Waals surface area contributed by atoms with Gasteiger partial charge in [0.25, 0.3) is 5.91 Å². The van der Waals surface area contributed by atoms with Gasteiger partial charge in [0.2, 0.25) is 5.89 Å². The first-order chi connectivity index (χ1) is 12.7. The van der Waals surface area contributed by atoms with E-state index in [1.165, 1.54) is 6.26 Å². The van der Waals surface area contributed by atoms with Gasteiger partial charge in [-0.2, -0.15) is 0 Å². The molecule has 0 radical (unpaired) electrons. The number of benzene rings is 1. The highest BCUT2D eigenvalue weighted by atomic mass is 16.3. The van der Waals surface area contributed by atoms with E-state index in [0.717, 1.165) is 36.5 Å². The van der Waals surface area contributed by atoms with Crippen LogP contribution in [0.25, 0.3) is 11.5 Å². The van der Waals surface area contributed by atoms with Crippen molar-refractivity contribution < 1.29 is 13.6 Å². The van der Waals surface area contributed by atoms with E-state index in [4.69, 9.17) is 8.83 Å². The molecule has 0 unspecified atom stereocenters. The fraction of sp³-hybridized carbons (Fsp3) is 0.300. The predicted octanol–water partition coefficient (Wildman–Crippen LogP) is 3.20. The Morgan fingerprint density at radius 2 is 1.88 bits per heavy atom. The van der Waals surface area contributed by atoms with E-state index in [-0.39, 0.29) is 5.91 Å². The van der Waals surface area contributed by atoms with Crippen LogP contribution in [0.15, 0.2) is 57.8 Å². The third-order valence-corrected chi connectivity index (χ3v) is 4.70. The average Bonchev–Trinajstić information content (AvgIpc) is 3.34. The number of carbonyl (C=O) groups is 1. The van der Waals surface area contributed by atoms with Crippen LogP contribution in [0, 0.1) is 6.92 Å². The first-order valence-corrected chi connectivity index (χ1v) is 8.76. The molecule has 1 saturated heterocycles. The van der Waals surface area contributed by atoms with Gasteiger partial charge in [0.05, 0.1) is 12.0 Å². The van der Waals surface area contributed by atoms with E-state index >= 15 is 0 Å². The monoisotopic (exact) mass is 351 g/mol. The molecule has 0 N–H and O–H groups in total. The maximum Gasteiger partial charge on any atom is 0.289 e. The number of aromatic nitrogens is 1. The number of hydrogen-bond acceptors (Lipinski definition) is 5. The van der Waals surface area contributed by atoms with Crippen LogP contribution in [0.5, 0.6) is 0 Å². The molecule has 1 amide bonds. The molecule has 6 heteroatoms. The SMILES string of the molecule is Cc1ccccc1-c1nc(CN2CCN(C(=O)c3ccco3)CC2)co1. The lowest BCUT2D eigenvalue weighted by atomic mass is 10.1. The fourth-order valence-corrected chi connectivity index (χ4v) is 3.21. The molecule has 1 aliphatic heterocycles. The molecule has 3 heterocycles. The van der Waals surface area contributed by atoms with Crippen molar-refractivity contribution in [1.82, 2.24) is 14.8 Å². The van der Waals surface area contributed by atoms with Gasteiger partial charge in [-0.3, -0.25) is 9.69 Å². The highest BCUT2D eigenvalue weighted by Gasteiger charge is 2.24. The summed E-state index contributed by atoms with van der Waals surface area (Å²) >= 11 is 0. The lowest BCUT2D eigenvalue weighted by molar-refractivity contribution is 0.0596. The van der Waals surface area contributed by atoms with Crippen molar-refractivity contribution in [3.05, 3.63) is 65.9 Å². The largest absolute Gasteiger partial charge is 0.459 e. The molecule has 26 heavy (non-hydrogen) atoms. The molecule has 4 rings (SSSR count). The lowest BCUT2D eigenvalue weighted by Gasteiger charge is -2.33. The van der Waals surface area contributed by atoms with Crippen LogP contribution < -0.4 is 0 Å². The minimum absolute atomic E-state index is 0.0436. The second kappa shape index (κ2) is 7.17. The highest BCUT2D eigenvalue weighted by Crippen LogP contribution is 2.23. The Balaban J connectivity index is 1.35. The van der Waals surface area contributed by atoms with E-state index in [2.05, 4.69) is 22.9 Å². The fourth-order valence-electron chi connectivity index (χ4n) is 3.21. The summed E-state index contributed by atoms with van der Waals surface area (Å²) in [6.45, 7) is 5.74. The van der Waals surface area contributed by atoms with Crippen molar-refractivity contribution in [1.29, 1.82) is 0 Å². The summed E-state index contributed by atoms with van der Waals surface area (Å²) < 4.78 is 10.9. The van der Waals surface area contributed by atoms with Crippen LogP contribution in [-0.4, -0.2) is 46.9 Å². The first-order valence-electron chi connectivity index (χ1n) is 8.76. The number of nitrogens with zero attached hydrogens (tertiary/aromatic N) is 3. The highest BCUT2D eigenvalue weighted by molar-refractivity contribution is 5.91. The van der Waals surface area contributed by atoms with E-state index in [1.807, 2.05) is 23.1 Å². The topological polar surface area (TPSA) is 62.7 Å². The van der Waals surface area contributed by atoms with E-state index in [0.29, 0.717) is 24.7 Å². The van der Waals surface area contributed by atoms with Crippen LogP contribution in [0.3, 0.4) is 0 Å². The second-order valence-corrected chi connectivity index (χ2v) is 6.50. The minimum atomic E-state index is -0.0436. The summed E-state index contributed by atoms with van der Waals surface area (Å²) in [6.07, 6.45) is 3.25. The van der Waals surface area contributed by atoms with Gasteiger partial charge in [0.1, 0.15) is 6.26 Å². The molecule has 134 valence electrons. The third kappa shape index (κ3) is 3.41. The van der Waals surface area contributed by atoms with Gasteiger partial charge in [0.15, 0.2) is 5.76 Å². The number of rotatable bonds is 4. The van der Waals surface area contributed by atoms with Crippen molar-refractivity contribution in [3.8, 4) is 11.5 Å². The van der Waals surface area contributed by atoms with Crippen LogP contribution >= 0.6 is 0 Å². The molecule has 0 spiro atoms. The molecular formula is C20H21N3O3. The van der Waals surface area contributed by atoms with Gasteiger partial charge in [-0.15, -0.1) is 0 Å². The predicted molar refractivity (Wildman–Crippen MR) is 96.6 cm³/mol. The quantitative estimate of drug-likeness (QED) is 0.722. The zero-order valence-corrected chi connectivity index (χ0v) is 14.7. The Kier molecular flexibility index (Phi) is 4.58. The van der Waals surface area contributed by atoms with Crippen molar-refractivity contribution in [2.24, 2.45) is 0 Å². The van der Waals surface area contributed by atoms with Crippen molar-refractivity contribution >= 4 is 5.91 Å². The molecule has 0 atom stereocenters. The van der Waals surface area contributed by atoms with E-state index in [1.54, 1.807) is 18.4 Å². The van der Waals surface area contributed by atoms with Crippen molar-refractivity contribution in [2.75, 3.05) is 26.2 Å². The molecule has 3 aromatic rings. The average molecular weight is 351 g/mol. The van der Waals surface area contributed by atoms with Crippen molar-refractivity contribution in [3.63, 3.8) is 0 Å². The smallest absolute Gasteiger partial charge is 0.289 e. The molecule has 2 aromatic heterocycles. The van der Waals surface area contributed by atoms with Gasteiger partial charge in [0, 0.05) is 38.3 Å². The van der Waals surface area contributed by atoms with Crippen LogP contribution in [-0.2, 0) is 6.54 Å². The van der Waals surface area contributed by atoms with Crippen LogP contribution in [0.2, 0.25) is 0 Å². The van der Waals surface area contributed by atoms with Gasteiger partial charge in [-0.25, -0.2) is 4.98 Å². The van der Waals surface area contributed by atoms with Gasteiger partial charge in [-0.1, -0.05) is 18.2 Å². The molecule has 0 bridgehead atoms. The molecule has 0 aliphatic carbocycles. The summed E-state index contributed by atoms with van der Waals surface area (Å²) in [5.74, 6) is 1.01. The number of amides is 1. The van der Waals surface area contributed by atoms with E-state index < -0.39 is 0 Å². The molecule has 1 aliphatic rings. The molecule has 1 fully saturated rings. The van der Waals surface area contributed by atoms with Gasteiger partial charge in [-0.05, 0) is 30.7 Å². The molecular weight excluding hydrogens is 330 g/mol. The maximum absolute atomic E-state index is 12.3. The number of aryl methyl sites for hydroxylation is 1. The summed E-state index contributed by atoms with van der Waals surface area (Å²) in [5, 5.41) is 0. The zero-order chi connectivity index (χ0) is 17.9. The Labute approximate surface area is 152 Å². The lowest BCUT2D eigenvalue weighted by Crippen LogP contribution is -2.48. The Morgan fingerprint density at radius 1 is 1.08 bits per heavy atom. The van der Waals surface area contributed by atoms with Gasteiger partial charge < -0.3 is 13.7 Å². The molecule has 0 saturated carbocycles. The molecule has 1 aromatic carbocycles. The Morgan fingerprint density at radius 3 is 2.62 bits per heavy atom. The maximum atomic E-state index is 12.3. The molecule has 6 nitrogen and oxygen atoms in total. The summed E-state index contributed by atoms with van der Waals surface area (Å²) in [5.41, 5.74) is 3.08. The summed E-state index contributed by atoms with van der Waals surface area (Å²) in [7, 11) is 0. The number of carbonyl (C=O) groups excluding carboxylic acids is 1. The number of oxazole rings is 1. The summed E-state index contributed by atoms with van der Waals surface area (Å²) in [6, 6.07) is 11.5. The van der Waals surface area contributed by atoms with Crippen LogP contribution in [0.1, 0.15) is 21.8 Å². The third-order valence-electron chi connectivity index (χ3n) is 4.70. The number of piperazine rings is 1. The van der Waals surface area contributed by atoms with Gasteiger partial charge >= 0.3 is 0 Å². The Hall–Kier alpha value is -2.86. The first kappa shape index (κ1) is 16.6. The second-order valence-electron chi connectivity index (χ2n) is 6.50. The van der Waals surface area contributed by atoms with Crippen molar-refractivity contribution in [2.45, 2.75) is 13.5 Å². The zero-order valence-electron chi connectivity index (χ0n) is 14.7. The minimum Gasteiger partial charge on any atom is -0.459 e. The summed E-state index contributed by atoms with van der Waals surface area (Å²) in [4.78, 5) is 21.0. The normalized spacial score (nSPS) is 15.3.